The zero-order valence-corrected chi connectivity index (χ0v) is 12.3. The third kappa shape index (κ3) is 2.82. The predicted molar refractivity (Wildman–Crippen MR) is 73.1 cm³/mol. The lowest BCUT2D eigenvalue weighted by Gasteiger charge is -2.31. The molecule has 1 aliphatic heterocycles. The quantitative estimate of drug-likeness (QED) is 0.888. The van der Waals surface area contributed by atoms with E-state index in [9.17, 15) is 8.42 Å². The summed E-state index contributed by atoms with van der Waals surface area (Å²) in [6.45, 7) is 5.47. The van der Waals surface area contributed by atoms with Crippen LogP contribution < -0.4 is 5.73 Å². The molecule has 0 aromatic carbocycles. The maximum atomic E-state index is 12.7. The Morgan fingerprint density at radius 3 is 2.89 bits per heavy atom. The van der Waals surface area contributed by atoms with E-state index in [4.69, 9.17) is 5.73 Å². The molecule has 19 heavy (non-hydrogen) atoms. The standard InChI is InChI=1S/C12H22N4O2S/c1-10(2)16-12(5-6-14-16)19(17,18)15-7-3-4-11(8-13)9-15/h5-6,10-11H,3-4,7-9,13H2,1-2H3/t11-/m1/s1. The second kappa shape index (κ2) is 5.60. The Bertz CT molecular complexity index is 524. The van der Waals surface area contributed by atoms with Gasteiger partial charge in [-0.15, -0.1) is 0 Å². The monoisotopic (exact) mass is 286 g/mol. The van der Waals surface area contributed by atoms with Crippen molar-refractivity contribution >= 4 is 10.0 Å². The minimum atomic E-state index is -3.46. The zero-order chi connectivity index (χ0) is 14.0. The van der Waals surface area contributed by atoms with Crippen molar-refractivity contribution in [2.45, 2.75) is 37.8 Å². The maximum absolute atomic E-state index is 12.7. The van der Waals surface area contributed by atoms with Crippen molar-refractivity contribution in [3.63, 3.8) is 0 Å². The van der Waals surface area contributed by atoms with Gasteiger partial charge in [0.1, 0.15) is 0 Å². The maximum Gasteiger partial charge on any atom is 0.260 e. The van der Waals surface area contributed by atoms with Crippen LogP contribution in [-0.2, 0) is 10.0 Å². The molecule has 0 aliphatic carbocycles. The van der Waals surface area contributed by atoms with Crippen LogP contribution in [0.25, 0.3) is 0 Å². The minimum Gasteiger partial charge on any atom is -0.330 e. The normalized spacial score (nSPS) is 22.0. The van der Waals surface area contributed by atoms with Crippen LogP contribution in [-0.4, -0.2) is 42.1 Å². The second-order valence-corrected chi connectivity index (χ2v) is 7.20. The molecule has 0 bridgehead atoms. The molecule has 0 amide bonds. The van der Waals surface area contributed by atoms with Gasteiger partial charge in [-0.2, -0.15) is 9.40 Å². The zero-order valence-electron chi connectivity index (χ0n) is 11.5. The van der Waals surface area contributed by atoms with Gasteiger partial charge < -0.3 is 5.73 Å². The van der Waals surface area contributed by atoms with Gasteiger partial charge in [-0.25, -0.2) is 8.42 Å². The summed E-state index contributed by atoms with van der Waals surface area (Å²) in [7, 11) is -3.46. The van der Waals surface area contributed by atoms with Crippen molar-refractivity contribution in [1.29, 1.82) is 0 Å². The lowest BCUT2D eigenvalue weighted by molar-refractivity contribution is 0.269. The van der Waals surface area contributed by atoms with E-state index in [2.05, 4.69) is 5.10 Å². The molecule has 1 saturated heterocycles. The van der Waals surface area contributed by atoms with Crippen LogP contribution in [0.2, 0.25) is 0 Å². The molecule has 0 saturated carbocycles. The Kier molecular flexibility index (Phi) is 4.27. The third-order valence-electron chi connectivity index (χ3n) is 3.54. The Balaban J connectivity index is 2.29. The SMILES string of the molecule is CC(C)n1nccc1S(=O)(=O)N1CCC[C@H](CN)C1. The number of nitrogens with zero attached hydrogens (tertiary/aromatic N) is 3. The first kappa shape index (κ1) is 14.5. The fourth-order valence-corrected chi connectivity index (χ4v) is 4.23. The summed E-state index contributed by atoms with van der Waals surface area (Å²) in [4.78, 5) is 0. The van der Waals surface area contributed by atoms with Gasteiger partial charge in [-0.3, -0.25) is 4.68 Å². The number of rotatable bonds is 4. The second-order valence-electron chi connectivity index (χ2n) is 5.31. The average Bonchev–Trinajstić information content (AvgIpc) is 2.89. The largest absolute Gasteiger partial charge is 0.330 e. The first-order valence-corrected chi connectivity index (χ1v) is 8.14. The van der Waals surface area contributed by atoms with Crippen LogP contribution in [0.1, 0.15) is 32.7 Å². The van der Waals surface area contributed by atoms with E-state index in [0.717, 1.165) is 12.8 Å². The topological polar surface area (TPSA) is 81.2 Å². The van der Waals surface area contributed by atoms with Gasteiger partial charge in [0.2, 0.25) is 0 Å². The molecule has 1 aliphatic rings. The van der Waals surface area contributed by atoms with Crippen molar-refractivity contribution in [3.05, 3.63) is 12.3 Å². The van der Waals surface area contributed by atoms with E-state index in [0.29, 0.717) is 19.6 Å². The summed E-state index contributed by atoms with van der Waals surface area (Å²) in [6.07, 6.45) is 3.42. The highest BCUT2D eigenvalue weighted by molar-refractivity contribution is 7.89. The molecule has 1 fully saturated rings. The molecular formula is C12H22N4O2S. The van der Waals surface area contributed by atoms with Crippen molar-refractivity contribution in [2.24, 2.45) is 11.7 Å². The summed E-state index contributed by atoms with van der Waals surface area (Å²) in [5, 5.41) is 4.38. The number of hydrogen-bond acceptors (Lipinski definition) is 4. The summed E-state index contributed by atoms with van der Waals surface area (Å²) < 4.78 is 28.4. The molecular weight excluding hydrogens is 264 g/mol. The first-order valence-electron chi connectivity index (χ1n) is 6.70. The molecule has 1 atom stereocenters. The van der Waals surface area contributed by atoms with Crippen LogP contribution >= 0.6 is 0 Å². The fraction of sp³-hybridized carbons (Fsp3) is 0.750. The van der Waals surface area contributed by atoms with Gasteiger partial charge in [0, 0.05) is 19.1 Å². The summed E-state index contributed by atoms with van der Waals surface area (Å²) in [5.74, 6) is 0.263. The molecule has 0 radical (unpaired) electrons. The van der Waals surface area contributed by atoms with E-state index < -0.39 is 10.0 Å². The number of piperidine rings is 1. The van der Waals surface area contributed by atoms with E-state index in [1.54, 1.807) is 15.1 Å². The van der Waals surface area contributed by atoms with E-state index in [1.165, 1.54) is 6.20 Å². The molecule has 1 aromatic heterocycles. The molecule has 2 heterocycles. The summed E-state index contributed by atoms with van der Waals surface area (Å²) >= 11 is 0. The lowest BCUT2D eigenvalue weighted by atomic mass is 10.0. The van der Waals surface area contributed by atoms with Gasteiger partial charge in [0.25, 0.3) is 10.0 Å². The van der Waals surface area contributed by atoms with Gasteiger partial charge in [-0.05, 0) is 45.2 Å². The Morgan fingerprint density at radius 1 is 1.53 bits per heavy atom. The van der Waals surface area contributed by atoms with Crippen LogP contribution in [0, 0.1) is 5.92 Å². The van der Waals surface area contributed by atoms with Gasteiger partial charge in [-0.1, -0.05) is 0 Å². The van der Waals surface area contributed by atoms with Crippen molar-refractivity contribution < 1.29 is 8.42 Å². The van der Waals surface area contributed by atoms with Crippen molar-refractivity contribution in [1.82, 2.24) is 14.1 Å². The predicted octanol–water partition coefficient (Wildman–Crippen LogP) is 0.823. The Labute approximate surface area is 114 Å². The molecule has 6 nitrogen and oxygen atoms in total. The van der Waals surface area contributed by atoms with Crippen LogP contribution in [0.5, 0.6) is 0 Å². The first-order chi connectivity index (χ1) is 8.96. The van der Waals surface area contributed by atoms with E-state index in [-0.39, 0.29) is 17.0 Å². The van der Waals surface area contributed by atoms with Crippen LogP contribution in [0.3, 0.4) is 0 Å². The minimum absolute atomic E-state index is 0.0230. The number of sulfonamides is 1. The third-order valence-corrected chi connectivity index (χ3v) is 5.41. The molecule has 2 rings (SSSR count). The van der Waals surface area contributed by atoms with Gasteiger partial charge >= 0.3 is 0 Å². The van der Waals surface area contributed by atoms with E-state index in [1.807, 2.05) is 13.8 Å². The molecule has 1 aromatic rings. The average molecular weight is 286 g/mol. The summed E-state index contributed by atoms with van der Waals surface area (Å²) in [6, 6.07) is 1.59. The molecule has 0 spiro atoms. The number of aromatic nitrogens is 2. The Hall–Kier alpha value is -0.920. The number of hydrogen-bond donors (Lipinski definition) is 1. The van der Waals surface area contributed by atoms with Crippen molar-refractivity contribution in [2.75, 3.05) is 19.6 Å². The molecule has 0 unspecified atom stereocenters. The van der Waals surface area contributed by atoms with E-state index >= 15 is 0 Å². The van der Waals surface area contributed by atoms with Crippen LogP contribution in [0.4, 0.5) is 0 Å². The highest BCUT2D eigenvalue weighted by Gasteiger charge is 2.32. The smallest absolute Gasteiger partial charge is 0.260 e. The lowest BCUT2D eigenvalue weighted by Crippen LogP contribution is -2.42. The highest BCUT2D eigenvalue weighted by Crippen LogP contribution is 2.24. The molecule has 108 valence electrons. The van der Waals surface area contributed by atoms with Crippen LogP contribution in [0.15, 0.2) is 17.3 Å². The van der Waals surface area contributed by atoms with Gasteiger partial charge in [0.05, 0.1) is 6.20 Å². The number of nitrogens with two attached hydrogens (primary N) is 1. The highest BCUT2D eigenvalue weighted by atomic mass is 32.2. The fourth-order valence-electron chi connectivity index (χ4n) is 2.46. The Morgan fingerprint density at radius 2 is 2.26 bits per heavy atom. The van der Waals surface area contributed by atoms with Gasteiger partial charge in [0.15, 0.2) is 5.03 Å². The molecule has 7 heteroatoms. The molecule has 2 N–H and O–H groups in total. The summed E-state index contributed by atoms with van der Waals surface area (Å²) in [5.41, 5.74) is 5.67. The van der Waals surface area contributed by atoms with Crippen molar-refractivity contribution in [3.8, 4) is 0 Å².